The zero-order valence-electron chi connectivity index (χ0n) is 14.7. The van der Waals surface area contributed by atoms with Gasteiger partial charge in [0.1, 0.15) is 0 Å². The van der Waals surface area contributed by atoms with Gasteiger partial charge in [-0.25, -0.2) is 4.68 Å². The summed E-state index contributed by atoms with van der Waals surface area (Å²) in [6.45, 7) is 0. The summed E-state index contributed by atoms with van der Waals surface area (Å²) in [6.07, 6.45) is 1.81. The predicted octanol–water partition coefficient (Wildman–Crippen LogP) is 5.75. The Labute approximate surface area is 157 Å². The molecule has 0 radical (unpaired) electrons. The van der Waals surface area contributed by atoms with Crippen molar-refractivity contribution in [1.29, 1.82) is 0 Å². The molecule has 3 heteroatoms. The number of nitrogens with zero attached hydrogens (tertiary/aromatic N) is 3. The first kappa shape index (κ1) is 15.5. The largest absolute Gasteiger partial charge is 0.255 e. The lowest BCUT2D eigenvalue weighted by molar-refractivity contribution is 0.888. The normalized spacial score (nSPS) is 11.0. The van der Waals surface area contributed by atoms with Crippen LogP contribution in [0.3, 0.4) is 0 Å². The molecule has 0 amide bonds. The number of fused-ring (bicyclic) bond motifs is 1. The van der Waals surface area contributed by atoms with Gasteiger partial charge in [-0.2, -0.15) is 5.10 Å². The lowest BCUT2D eigenvalue weighted by Crippen LogP contribution is -1.99. The standard InChI is InChI=1S/C24H17N3/c1-2-11-19(12-3-1)27-24(22-15-6-7-16-25-22)17-23(26-27)21-14-8-10-18-9-4-5-13-20(18)21/h1-17H. The smallest absolute Gasteiger partial charge is 0.0941 e. The highest BCUT2D eigenvalue weighted by Crippen LogP contribution is 2.31. The highest BCUT2D eigenvalue weighted by atomic mass is 15.3. The molecule has 0 fully saturated rings. The van der Waals surface area contributed by atoms with Gasteiger partial charge in [-0.3, -0.25) is 4.98 Å². The minimum absolute atomic E-state index is 0.903. The average molecular weight is 347 g/mol. The summed E-state index contributed by atoms with van der Waals surface area (Å²) in [5.74, 6) is 0. The van der Waals surface area contributed by atoms with E-state index in [4.69, 9.17) is 5.10 Å². The van der Waals surface area contributed by atoms with Gasteiger partial charge in [0.25, 0.3) is 0 Å². The van der Waals surface area contributed by atoms with Crippen molar-refractivity contribution in [3.05, 3.63) is 103 Å². The Morgan fingerprint density at radius 1 is 0.630 bits per heavy atom. The topological polar surface area (TPSA) is 30.7 Å². The van der Waals surface area contributed by atoms with E-state index in [0.29, 0.717) is 0 Å². The molecule has 0 bridgehead atoms. The summed E-state index contributed by atoms with van der Waals surface area (Å²) in [6, 6.07) is 33.0. The van der Waals surface area contributed by atoms with Gasteiger partial charge in [0.05, 0.1) is 22.8 Å². The number of aromatic nitrogens is 3. The van der Waals surface area contributed by atoms with E-state index < -0.39 is 0 Å². The van der Waals surface area contributed by atoms with Crippen molar-refractivity contribution in [1.82, 2.24) is 14.8 Å². The zero-order chi connectivity index (χ0) is 18.1. The SMILES string of the molecule is c1ccc(-n2nc(-c3cccc4ccccc34)cc2-c2ccccn2)cc1. The molecule has 0 saturated carbocycles. The molecule has 5 rings (SSSR count). The van der Waals surface area contributed by atoms with Crippen LogP contribution in [-0.2, 0) is 0 Å². The van der Waals surface area contributed by atoms with Gasteiger partial charge < -0.3 is 0 Å². The van der Waals surface area contributed by atoms with E-state index in [9.17, 15) is 0 Å². The number of hydrogen-bond donors (Lipinski definition) is 0. The van der Waals surface area contributed by atoms with Crippen LogP contribution >= 0.6 is 0 Å². The van der Waals surface area contributed by atoms with Gasteiger partial charge in [0, 0.05) is 11.8 Å². The van der Waals surface area contributed by atoms with Crippen LogP contribution in [-0.4, -0.2) is 14.8 Å². The van der Waals surface area contributed by atoms with Gasteiger partial charge in [0.2, 0.25) is 0 Å². The van der Waals surface area contributed by atoms with Crippen molar-refractivity contribution in [3.63, 3.8) is 0 Å². The Bertz CT molecular complexity index is 1150. The zero-order valence-corrected chi connectivity index (χ0v) is 14.7. The summed E-state index contributed by atoms with van der Waals surface area (Å²) >= 11 is 0. The third-order valence-corrected chi connectivity index (χ3v) is 4.70. The van der Waals surface area contributed by atoms with Crippen LogP contribution < -0.4 is 0 Å². The quantitative estimate of drug-likeness (QED) is 0.416. The summed E-state index contributed by atoms with van der Waals surface area (Å²) in [4.78, 5) is 4.54. The third-order valence-electron chi connectivity index (χ3n) is 4.70. The second kappa shape index (κ2) is 6.54. The van der Waals surface area contributed by atoms with Crippen LogP contribution in [0.25, 0.3) is 39.1 Å². The van der Waals surface area contributed by atoms with E-state index in [0.717, 1.165) is 28.3 Å². The molecule has 0 aliphatic heterocycles. The van der Waals surface area contributed by atoms with Crippen LogP contribution in [0.15, 0.2) is 103 Å². The molecule has 3 aromatic carbocycles. The minimum Gasteiger partial charge on any atom is -0.255 e. The first-order chi connectivity index (χ1) is 13.4. The molecule has 0 unspecified atom stereocenters. The molecule has 0 saturated heterocycles. The highest BCUT2D eigenvalue weighted by Gasteiger charge is 2.15. The van der Waals surface area contributed by atoms with Gasteiger partial charge in [0.15, 0.2) is 0 Å². The van der Waals surface area contributed by atoms with Crippen LogP contribution in [0, 0.1) is 0 Å². The fourth-order valence-electron chi connectivity index (χ4n) is 3.42. The maximum absolute atomic E-state index is 4.95. The fourth-order valence-corrected chi connectivity index (χ4v) is 3.42. The van der Waals surface area contributed by atoms with E-state index in [2.05, 4.69) is 65.6 Å². The molecule has 0 spiro atoms. The first-order valence-corrected chi connectivity index (χ1v) is 8.95. The van der Waals surface area contributed by atoms with Gasteiger partial charge in [-0.1, -0.05) is 66.7 Å². The molecule has 0 atom stereocenters. The molecule has 2 aromatic heterocycles. The van der Waals surface area contributed by atoms with Crippen LogP contribution in [0.2, 0.25) is 0 Å². The highest BCUT2D eigenvalue weighted by molar-refractivity contribution is 5.96. The number of pyridine rings is 1. The Balaban J connectivity index is 1.76. The molecule has 3 nitrogen and oxygen atoms in total. The van der Waals surface area contributed by atoms with Crippen molar-refractivity contribution < 1.29 is 0 Å². The van der Waals surface area contributed by atoms with Crippen molar-refractivity contribution in [2.24, 2.45) is 0 Å². The van der Waals surface area contributed by atoms with Gasteiger partial charge in [-0.15, -0.1) is 0 Å². The summed E-state index contributed by atoms with van der Waals surface area (Å²) in [5.41, 5.74) is 4.96. The molecule has 0 aliphatic carbocycles. The van der Waals surface area contributed by atoms with E-state index in [1.807, 2.05) is 47.3 Å². The van der Waals surface area contributed by atoms with E-state index >= 15 is 0 Å². The molecular weight excluding hydrogens is 330 g/mol. The summed E-state index contributed by atoms with van der Waals surface area (Å²) in [7, 11) is 0. The van der Waals surface area contributed by atoms with E-state index in [1.165, 1.54) is 10.8 Å². The van der Waals surface area contributed by atoms with E-state index in [-0.39, 0.29) is 0 Å². The maximum Gasteiger partial charge on any atom is 0.0941 e. The predicted molar refractivity (Wildman–Crippen MR) is 110 cm³/mol. The Kier molecular flexibility index (Phi) is 3.76. The van der Waals surface area contributed by atoms with Crippen LogP contribution in [0.5, 0.6) is 0 Å². The van der Waals surface area contributed by atoms with Crippen LogP contribution in [0.4, 0.5) is 0 Å². The summed E-state index contributed by atoms with van der Waals surface area (Å²) in [5, 5.41) is 7.36. The number of hydrogen-bond acceptors (Lipinski definition) is 2. The summed E-state index contributed by atoms with van der Waals surface area (Å²) < 4.78 is 1.97. The molecule has 0 N–H and O–H groups in total. The van der Waals surface area contributed by atoms with Crippen molar-refractivity contribution in [2.45, 2.75) is 0 Å². The Hall–Kier alpha value is -3.72. The third kappa shape index (κ3) is 2.79. The Morgan fingerprint density at radius 3 is 2.26 bits per heavy atom. The molecule has 2 heterocycles. The maximum atomic E-state index is 4.95. The molecule has 0 aliphatic rings. The van der Waals surface area contributed by atoms with E-state index in [1.54, 1.807) is 0 Å². The average Bonchev–Trinajstić information content (AvgIpc) is 3.20. The molecule has 27 heavy (non-hydrogen) atoms. The Morgan fingerprint density at radius 2 is 1.41 bits per heavy atom. The molecule has 128 valence electrons. The number of rotatable bonds is 3. The van der Waals surface area contributed by atoms with Crippen molar-refractivity contribution >= 4 is 10.8 Å². The number of para-hydroxylation sites is 1. The molecular formula is C24H17N3. The van der Waals surface area contributed by atoms with Gasteiger partial charge >= 0.3 is 0 Å². The first-order valence-electron chi connectivity index (χ1n) is 8.95. The van der Waals surface area contributed by atoms with Crippen molar-refractivity contribution in [2.75, 3.05) is 0 Å². The molecule has 5 aromatic rings. The monoisotopic (exact) mass is 347 g/mol. The minimum atomic E-state index is 0.903. The fraction of sp³-hybridized carbons (Fsp3) is 0. The lowest BCUT2D eigenvalue weighted by atomic mass is 10.0. The van der Waals surface area contributed by atoms with Crippen molar-refractivity contribution in [3.8, 4) is 28.3 Å². The van der Waals surface area contributed by atoms with Gasteiger partial charge in [-0.05, 0) is 41.1 Å². The van der Waals surface area contributed by atoms with Crippen LogP contribution in [0.1, 0.15) is 0 Å². The second-order valence-electron chi connectivity index (χ2n) is 6.40. The number of benzene rings is 3. The lowest BCUT2D eigenvalue weighted by Gasteiger charge is -2.06. The second-order valence-corrected chi connectivity index (χ2v) is 6.40.